The molecule has 0 unspecified atom stereocenters. The van der Waals surface area contributed by atoms with Crippen LogP contribution in [0.25, 0.3) is 11.5 Å². The minimum absolute atomic E-state index is 0.0697. The zero-order chi connectivity index (χ0) is 17.3. The second-order valence-corrected chi connectivity index (χ2v) is 8.09. The van der Waals surface area contributed by atoms with E-state index >= 15 is 0 Å². The lowest BCUT2D eigenvalue weighted by Gasteiger charge is -2.51. The van der Waals surface area contributed by atoms with Crippen molar-refractivity contribution in [2.24, 2.45) is 18.4 Å². The first kappa shape index (κ1) is 15.5. The summed E-state index contributed by atoms with van der Waals surface area (Å²) in [7, 11) is 1.94. The van der Waals surface area contributed by atoms with E-state index in [2.05, 4.69) is 30.9 Å². The third-order valence-electron chi connectivity index (χ3n) is 6.34. The van der Waals surface area contributed by atoms with E-state index < -0.39 is 0 Å². The van der Waals surface area contributed by atoms with Crippen molar-refractivity contribution in [2.45, 2.75) is 58.8 Å². The number of aryl methyl sites for hydroxylation is 2. The van der Waals surface area contributed by atoms with Crippen molar-refractivity contribution in [2.75, 3.05) is 0 Å². The van der Waals surface area contributed by atoms with Crippen LogP contribution in [0.15, 0.2) is 4.52 Å². The topological polar surface area (TPSA) is 73.8 Å². The van der Waals surface area contributed by atoms with Crippen molar-refractivity contribution >= 4 is 5.78 Å². The maximum Gasteiger partial charge on any atom is 0.223 e. The summed E-state index contributed by atoms with van der Waals surface area (Å²) in [6.07, 6.45) is 3.40. The molecule has 2 atom stereocenters. The van der Waals surface area contributed by atoms with Crippen molar-refractivity contribution in [1.29, 1.82) is 0 Å². The minimum Gasteiger partial charge on any atom is -0.339 e. The first-order chi connectivity index (χ1) is 11.2. The molecule has 2 aromatic heterocycles. The predicted octanol–water partition coefficient (Wildman–Crippen LogP) is 2.99. The van der Waals surface area contributed by atoms with Gasteiger partial charge in [-0.2, -0.15) is 10.1 Å². The Morgan fingerprint density at radius 3 is 2.67 bits per heavy atom. The molecule has 0 spiro atoms. The SMILES string of the molecule is Cc1nc(-c2c3c(nn2C)[C@@]2(C)CCC(=O)C(C)(C)[C@@H]2CC3)no1. The number of nitrogens with zero attached hydrogens (tertiary/aromatic N) is 4. The van der Waals surface area contributed by atoms with Gasteiger partial charge < -0.3 is 4.52 Å². The third-order valence-corrected chi connectivity index (χ3v) is 6.34. The summed E-state index contributed by atoms with van der Waals surface area (Å²) >= 11 is 0. The van der Waals surface area contributed by atoms with Gasteiger partial charge in [-0.25, -0.2) is 0 Å². The lowest BCUT2D eigenvalue weighted by atomic mass is 9.51. The molecule has 2 heterocycles. The summed E-state index contributed by atoms with van der Waals surface area (Å²) in [5.41, 5.74) is 2.95. The summed E-state index contributed by atoms with van der Waals surface area (Å²) in [4.78, 5) is 16.9. The Kier molecular flexibility index (Phi) is 3.09. The minimum atomic E-state index is -0.287. The van der Waals surface area contributed by atoms with Crippen molar-refractivity contribution in [1.82, 2.24) is 19.9 Å². The number of fused-ring (bicyclic) bond motifs is 3. The molecule has 0 aliphatic heterocycles. The van der Waals surface area contributed by atoms with Gasteiger partial charge >= 0.3 is 0 Å². The molecular formula is C18H24N4O2. The molecule has 0 amide bonds. The number of carbonyl (C=O) groups excluding carboxylic acids is 1. The van der Waals surface area contributed by atoms with Crippen LogP contribution in [0.3, 0.4) is 0 Å². The Morgan fingerprint density at radius 1 is 1.25 bits per heavy atom. The second-order valence-electron chi connectivity index (χ2n) is 8.09. The fourth-order valence-corrected chi connectivity index (χ4v) is 5.05. The van der Waals surface area contributed by atoms with Crippen LogP contribution in [0.1, 0.15) is 57.2 Å². The van der Waals surface area contributed by atoms with Crippen LogP contribution in [-0.4, -0.2) is 25.7 Å². The van der Waals surface area contributed by atoms with Crippen molar-refractivity contribution in [3.05, 3.63) is 17.1 Å². The van der Waals surface area contributed by atoms with Crippen LogP contribution >= 0.6 is 0 Å². The molecule has 4 rings (SSSR count). The van der Waals surface area contributed by atoms with E-state index in [9.17, 15) is 4.79 Å². The highest BCUT2D eigenvalue weighted by molar-refractivity contribution is 5.86. The predicted molar refractivity (Wildman–Crippen MR) is 88.4 cm³/mol. The fraction of sp³-hybridized carbons (Fsp3) is 0.667. The molecule has 2 aliphatic carbocycles. The molecule has 6 heteroatoms. The van der Waals surface area contributed by atoms with Crippen molar-refractivity contribution < 1.29 is 9.32 Å². The maximum atomic E-state index is 12.5. The van der Waals surface area contributed by atoms with E-state index in [4.69, 9.17) is 9.62 Å². The molecule has 128 valence electrons. The summed E-state index contributed by atoms with van der Waals surface area (Å²) in [5.74, 6) is 1.88. The molecule has 0 N–H and O–H groups in total. The molecule has 0 saturated heterocycles. The third kappa shape index (κ3) is 1.88. The highest BCUT2D eigenvalue weighted by Gasteiger charge is 2.55. The van der Waals surface area contributed by atoms with Crippen LogP contribution in [0.4, 0.5) is 0 Å². The number of aromatic nitrogens is 4. The summed E-state index contributed by atoms with van der Waals surface area (Å²) in [6.45, 7) is 8.29. The van der Waals surface area contributed by atoms with E-state index in [1.165, 1.54) is 5.56 Å². The van der Waals surface area contributed by atoms with Crippen LogP contribution in [-0.2, 0) is 23.7 Å². The van der Waals surface area contributed by atoms with E-state index in [1.807, 2.05) is 11.7 Å². The van der Waals surface area contributed by atoms with Gasteiger partial charge in [-0.1, -0.05) is 25.9 Å². The van der Waals surface area contributed by atoms with Gasteiger partial charge in [0.15, 0.2) is 0 Å². The van der Waals surface area contributed by atoms with Gasteiger partial charge in [0.25, 0.3) is 0 Å². The van der Waals surface area contributed by atoms with E-state index in [0.717, 1.165) is 30.7 Å². The molecule has 0 bridgehead atoms. The highest BCUT2D eigenvalue weighted by atomic mass is 16.5. The molecule has 0 aromatic carbocycles. The van der Waals surface area contributed by atoms with E-state index in [1.54, 1.807) is 6.92 Å². The second kappa shape index (κ2) is 4.77. The molecule has 24 heavy (non-hydrogen) atoms. The van der Waals surface area contributed by atoms with Gasteiger partial charge in [0, 0.05) is 36.8 Å². The van der Waals surface area contributed by atoms with Gasteiger partial charge in [0.05, 0.1) is 5.69 Å². The zero-order valence-electron chi connectivity index (χ0n) is 15.0. The highest BCUT2D eigenvalue weighted by Crippen LogP contribution is 2.56. The standard InChI is InChI=1S/C18H24N4O2/c1-10-19-16(21-24-10)14-11-6-7-12-17(2,3)13(23)8-9-18(12,4)15(11)20-22(14)5/h12H,6-9H2,1-5H3/t12-,18-/m0/s1. The first-order valence-electron chi connectivity index (χ1n) is 8.65. The van der Waals surface area contributed by atoms with Gasteiger partial charge in [-0.3, -0.25) is 9.48 Å². The van der Waals surface area contributed by atoms with Crippen LogP contribution in [0.5, 0.6) is 0 Å². The summed E-state index contributed by atoms with van der Waals surface area (Å²) < 4.78 is 7.05. The molecule has 0 radical (unpaired) electrons. The Morgan fingerprint density at radius 2 is 2.00 bits per heavy atom. The monoisotopic (exact) mass is 328 g/mol. The lowest BCUT2D eigenvalue weighted by Crippen LogP contribution is -2.52. The van der Waals surface area contributed by atoms with Gasteiger partial charge in [0.1, 0.15) is 11.5 Å². The van der Waals surface area contributed by atoms with Crippen LogP contribution in [0, 0.1) is 18.3 Å². The van der Waals surface area contributed by atoms with Gasteiger partial charge in [-0.05, 0) is 25.2 Å². The van der Waals surface area contributed by atoms with Crippen molar-refractivity contribution in [3.8, 4) is 11.5 Å². The van der Waals surface area contributed by atoms with E-state index in [0.29, 0.717) is 29.8 Å². The normalized spacial score (nSPS) is 28.5. The largest absolute Gasteiger partial charge is 0.339 e. The Hall–Kier alpha value is -1.98. The number of Topliss-reactive ketones (excluding diaryl/α,β-unsaturated/α-hetero) is 1. The quantitative estimate of drug-likeness (QED) is 0.804. The first-order valence-corrected chi connectivity index (χ1v) is 8.65. The van der Waals surface area contributed by atoms with Gasteiger partial charge in [0.2, 0.25) is 11.7 Å². The fourth-order valence-electron chi connectivity index (χ4n) is 5.05. The molecule has 2 aromatic rings. The van der Waals surface area contributed by atoms with Crippen molar-refractivity contribution in [3.63, 3.8) is 0 Å². The number of hydrogen-bond donors (Lipinski definition) is 0. The average Bonchev–Trinajstić information content (AvgIpc) is 3.07. The van der Waals surface area contributed by atoms with Crippen LogP contribution < -0.4 is 0 Å². The lowest BCUT2D eigenvalue weighted by molar-refractivity contribution is -0.137. The number of rotatable bonds is 1. The molecule has 6 nitrogen and oxygen atoms in total. The Bertz CT molecular complexity index is 832. The summed E-state index contributed by atoms with van der Waals surface area (Å²) in [5, 5.41) is 8.96. The average molecular weight is 328 g/mol. The Labute approximate surface area is 141 Å². The molecule has 1 fully saturated rings. The van der Waals surface area contributed by atoms with E-state index in [-0.39, 0.29) is 10.8 Å². The van der Waals surface area contributed by atoms with Gasteiger partial charge in [-0.15, -0.1) is 0 Å². The number of ketones is 1. The smallest absolute Gasteiger partial charge is 0.223 e. The zero-order valence-corrected chi connectivity index (χ0v) is 15.0. The Balaban J connectivity index is 1.87. The summed E-state index contributed by atoms with van der Waals surface area (Å²) in [6, 6.07) is 0. The molecular weight excluding hydrogens is 304 g/mol. The number of hydrogen-bond acceptors (Lipinski definition) is 5. The maximum absolute atomic E-state index is 12.5. The molecule has 1 saturated carbocycles. The molecule has 2 aliphatic rings. The van der Waals surface area contributed by atoms with Crippen LogP contribution in [0.2, 0.25) is 0 Å². The number of carbonyl (C=O) groups is 1.